The van der Waals surface area contributed by atoms with E-state index in [1.807, 2.05) is 17.0 Å². The average Bonchev–Trinajstić information content (AvgIpc) is 3.50. The number of carbonyl (C=O) groups is 1. The van der Waals surface area contributed by atoms with Gasteiger partial charge in [0.1, 0.15) is 11.5 Å². The van der Waals surface area contributed by atoms with Crippen LogP contribution in [0.2, 0.25) is 0 Å². The van der Waals surface area contributed by atoms with Crippen LogP contribution in [-0.4, -0.2) is 35.7 Å². The van der Waals surface area contributed by atoms with Gasteiger partial charge in [0.15, 0.2) is 0 Å². The van der Waals surface area contributed by atoms with Crippen LogP contribution in [0.4, 0.5) is 15.8 Å². The maximum absolute atomic E-state index is 14.7. The molecule has 1 aromatic heterocycles. The van der Waals surface area contributed by atoms with Gasteiger partial charge in [-0.3, -0.25) is 9.78 Å². The van der Waals surface area contributed by atoms with Crippen molar-refractivity contribution in [3.63, 3.8) is 0 Å². The predicted octanol–water partition coefficient (Wildman–Crippen LogP) is 3.85. The van der Waals surface area contributed by atoms with Gasteiger partial charge in [-0.05, 0) is 49.9 Å². The molecule has 160 valence electrons. The number of anilines is 2. The molecule has 1 saturated carbocycles. The number of benzene rings is 1. The van der Waals surface area contributed by atoms with Crippen LogP contribution in [0, 0.1) is 5.82 Å². The Kier molecular flexibility index (Phi) is 5.28. The van der Waals surface area contributed by atoms with Crippen molar-refractivity contribution in [2.75, 3.05) is 23.3 Å². The Balaban J connectivity index is 1.34. The van der Waals surface area contributed by atoms with Crippen LogP contribution in [0.1, 0.15) is 49.3 Å². The number of piperidine rings is 1. The molecule has 1 aromatic carbocycles. The molecule has 1 saturated heterocycles. The number of para-hydroxylation sites is 1. The highest BCUT2D eigenvalue weighted by Crippen LogP contribution is 2.39. The minimum absolute atomic E-state index is 0.00349. The molecule has 0 bridgehead atoms. The summed E-state index contributed by atoms with van der Waals surface area (Å²) in [5.74, 6) is -0.109. The first-order valence-corrected chi connectivity index (χ1v) is 10.9. The number of pyridine rings is 1. The lowest BCUT2D eigenvalue weighted by Crippen LogP contribution is -2.43. The lowest BCUT2D eigenvalue weighted by molar-refractivity contribution is -0.110. The van der Waals surface area contributed by atoms with Gasteiger partial charge in [0.05, 0.1) is 17.1 Å². The number of nitrogens with one attached hydrogen (secondary N) is 1. The van der Waals surface area contributed by atoms with Gasteiger partial charge in [-0.25, -0.2) is 9.38 Å². The number of amides is 1. The van der Waals surface area contributed by atoms with Gasteiger partial charge < -0.3 is 16.0 Å². The van der Waals surface area contributed by atoms with Crippen LogP contribution in [0.3, 0.4) is 0 Å². The first-order valence-electron chi connectivity index (χ1n) is 10.9. The first kappa shape index (κ1) is 19.9. The zero-order valence-electron chi connectivity index (χ0n) is 17.4. The number of halogens is 1. The third kappa shape index (κ3) is 4.23. The smallest absolute Gasteiger partial charge is 0.270 e. The summed E-state index contributed by atoms with van der Waals surface area (Å²) >= 11 is 0. The topological polar surface area (TPSA) is 83.6 Å². The SMILES string of the molecule is N[C@@H]1CCCN(c2c(F)cccc2NC(=O)C2=NC(c3ccnc(C4CC4)c3)=CC2)C1. The number of rotatable bonds is 5. The first-order chi connectivity index (χ1) is 15.1. The molecule has 5 rings (SSSR count). The maximum atomic E-state index is 14.7. The second-order valence-corrected chi connectivity index (χ2v) is 8.53. The van der Waals surface area contributed by atoms with E-state index in [1.165, 1.54) is 18.9 Å². The number of hydrogen-bond donors (Lipinski definition) is 2. The van der Waals surface area contributed by atoms with Crippen molar-refractivity contribution in [2.24, 2.45) is 10.7 Å². The third-order valence-electron chi connectivity index (χ3n) is 6.09. The fourth-order valence-electron chi connectivity index (χ4n) is 4.31. The van der Waals surface area contributed by atoms with Crippen molar-refractivity contribution in [3.8, 4) is 0 Å². The van der Waals surface area contributed by atoms with Crippen LogP contribution in [-0.2, 0) is 4.79 Å². The maximum Gasteiger partial charge on any atom is 0.270 e. The van der Waals surface area contributed by atoms with E-state index in [1.54, 1.807) is 18.3 Å². The molecule has 0 unspecified atom stereocenters. The van der Waals surface area contributed by atoms with E-state index in [2.05, 4.69) is 21.4 Å². The molecule has 3 heterocycles. The molecule has 1 aliphatic carbocycles. The van der Waals surface area contributed by atoms with Crippen molar-refractivity contribution >= 4 is 28.7 Å². The van der Waals surface area contributed by atoms with Gasteiger partial charge in [0, 0.05) is 48.9 Å². The number of aromatic nitrogens is 1. The predicted molar refractivity (Wildman–Crippen MR) is 121 cm³/mol. The Bertz CT molecular complexity index is 1080. The molecule has 7 heteroatoms. The molecule has 31 heavy (non-hydrogen) atoms. The molecule has 2 aliphatic heterocycles. The van der Waals surface area contributed by atoms with Crippen LogP contribution >= 0.6 is 0 Å². The van der Waals surface area contributed by atoms with E-state index in [9.17, 15) is 9.18 Å². The number of allylic oxidation sites excluding steroid dienone is 1. The van der Waals surface area contributed by atoms with E-state index in [0.717, 1.165) is 36.3 Å². The third-order valence-corrected chi connectivity index (χ3v) is 6.09. The van der Waals surface area contributed by atoms with Gasteiger partial charge in [-0.15, -0.1) is 0 Å². The summed E-state index contributed by atoms with van der Waals surface area (Å²) < 4.78 is 14.7. The van der Waals surface area contributed by atoms with Crippen molar-refractivity contribution in [2.45, 2.75) is 44.1 Å². The Hall–Kier alpha value is -3.06. The van der Waals surface area contributed by atoms with Crippen LogP contribution in [0.25, 0.3) is 5.70 Å². The van der Waals surface area contributed by atoms with Gasteiger partial charge >= 0.3 is 0 Å². The molecular weight excluding hydrogens is 393 g/mol. The molecule has 0 spiro atoms. The summed E-state index contributed by atoms with van der Waals surface area (Å²) in [6, 6.07) is 8.74. The standard InChI is InChI=1S/C24H26FN5O/c25-18-4-1-5-20(23(18)30-12-2-3-17(26)14-30)29-24(31)21-9-8-19(28-21)16-10-11-27-22(13-16)15-6-7-15/h1,4-5,8,10-11,13,15,17H,2-3,6-7,9,12,14,26H2,(H,29,31)/t17-/m1/s1. The monoisotopic (exact) mass is 419 g/mol. The Labute approximate surface area is 181 Å². The van der Waals surface area contributed by atoms with Gasteiger partial charge in [0.2, 0.25) is 0 Å². The Morgan fingerprint density at radius 1 is 1.23 bits per heavy atom. The van der Waals surface area contributed by atoms with Gasteiger partial charge in [0.25, 0.3) is 5.91 Å². The number of nitrogens with two attached hydrogens (primary N) is 1. The van der Waals surface area contributed by atoms with Crippen molar-refractivity contribution in [1.29, 1.82) is 0 Å². The van der Waals surface area contributed by atoms with E-state index in [-0.39, 0.29) is 17.8 Å². The normalized spacial score (nSPS) is 21.0. The summed E-state index contributed by atoms with van der Waals surface area (Å²) in [6.45, 7) is 1.29. The number of nitrogens with zero attached hydrogens (tertiary/aromatic N) is 3. The summed E-state index contributed by atoms with van der Waals surface area (Å²) in [5.41, 5.74) is 10.2. The summed E-state index contributed by atoms with van der Waals surface area (Å²) in [7, 11) is 0. The minimum atomic E-state index is -0.358. The Morgan fingerprint density at radius 3 is 2.90 bits per heavy atom. The lowest BCUT2D eigenvalue weighted by atomic mass is 10.1. The summed E-state index contributed by atoms with van der Waals surface area (Å²) in [5, 5.41) is 2.88. The molecule has 1 amide bonds. The van der Waals surface area contributed by atoms with Crippen molar-refractivity contribution in [3.05, 3.63) is 59.7 Å². The highest BCUT2D eigenvalue weighted by atomic mass is 19.1. The fourth-order valence-corrected chi connectivity index (χ4v) is 4.31. The number of hydrogen-bond acceptors (Lipinski definition) is 5. The second-order valence-electron chi connectivity index (χ2n) is 8.53. The molecule has 2 aromatic rings. The zero-order valence-corrected chi connectivity index (χ0v) is 17.4. The molecule has 1 atom stereocenters. The van der Waals surface area contributed by atoms with E-state index in [0.29, 0.717) is 36.0 Å². The van der Waals surface area contributed by atoms with Crippen LogP contribution in [0.5, 0.6) is 0 Å². The average molecular weight is 420 g/mol. The molecule has 0 radical (unpaired) electrons. The zero-order chi connectivity index (χ0) is 21.4. The van der Waals surface area contributed by atoms with E-state index < -0.39 is 0 Å². The highest BCUT2D eigenvalue weighted by Gasteiger charge is 2.27. The lowest BCUT2D eigenvalue weighted by Gasteiger charge is -2.34. The van der Waals surface area contributed by atoms with Crippen molar-refractivity contribution < 1.29 is 9.18 Å². The molecule has 6 nitrogen and oxygen atoms in total. The van der Waals surface area contributed by atoms with E-state index >= 15 is 0 Å². The van der Waals surface area contributed by atoms with Gasteiger partial charge in [-0.2, -0.15) is 0 Å². The van der Waals surface area contributed by atoms with Gasteiger partial charge in [-0.1, -0.05) is 12.1 Å². The molecular formula is C24H26FN5O. The number of aliphatic imine (C=N–C) groups is 1. The summed E-state index contributed by atoms with van der Waals surface area (Å²) in [6.07, 6.45) is 8.40. The van der Waals surface area contributed by atoms with Crippen LogP contribution < -0.4 is 16.0 Å². The van der Waals surface area contributed by atoms with Crippen LogP contribution in [0.15, 0.2) is 47.6 Å². The van der Waals surface area contributed by atoms with Crippen molar-refractivity contribution in [1.82, 2.24) is 4.98 Å². The Morgan fingerprint density at radius 2 is 2.10 bits per heavy atom. The molecule has 3 N–H and O–H groups in total. The number of carbonyl (C=O) groups excluding carboxylic acids is 1. The molecule has 2 fully saturated rings. The molecule has 3 aliphatic rings. The van der Waals surface area contributed by atoms with E-state index in [4.69, 9.17) is 5.73 Å². The quantitative estimate of drug-likeness (QED) is 0.771. The minimum Gasteiger partial charge on any atom is -0.366 e. The summed E-state index contributed by atoms with van der Waals surface area (Å²) in [4.78, 5) is 23.9. The fraction of sp³-hybridized carbons (Fsp3) is 0.375. The second kappa shape index (κ2) is 8.23. The highest BCUT2D eigenvalue weighted by molar-refractivity contribution is 6.45. The largest absolute Gasteiger partial charge is 0.366 e.